The van der Waals surface area contributed by atoms with Gasteiger partial charge in [0.05, 0.1) is 0 Å². The van der Waals surface area contributed by atoms with E-state index in [1.54, 1.807) is 0 Å². The Morgan fingerprint density at radius 2 is 0.733 bits per heavy atom. The van der Waals surface area contributed by atoms with Crippen LogP contribution in [0.4, 0.5) is 79.0 Å². The molecule has 0 aromatic rings. The molecule has 0 radical (unpaired) electrons. The molecule has 0 saturated carbocycles. The Morgan fingerprint density at radius 1 is 0.500 bits per heavy atom. The molecule has 0 aliphatic carbocycles. The minimum absolute atomic E-state index is 3.79. The van der Waals surface area contributed by atoms with Gasteiger partial charge in [-0.15, -0.1) is 0 Å². The van der Waals surface area contributed by atoms with Crippen molar-refractivity contribution >= 4 is 5.97 Å². The van der Waals surface area contributed by atoms with E-state index in [-0.39, 0.29) is 0 Å². The van der Waals surface area contributed by atoms with Gasteiger partial charge in [0.2, 0.25) is 0 Å². The van der Waals surface area contributed by atoms with Crippen LogP contribution < -0.4 is 0 Å². The first-order chi connectivity index (χ1) is 12.6. The zero-order valence-electron chi connectivity index (χ0n) is 12.7. The molecule has 0 bridgehead atoms. The predicted octanol–water partition coefficient (Wildman–Crippen LogP) is 5.42. The van der Waals surface area contributed by atoms with Crippen molar-refractivity contribution in [2.24, 2.45) is 0 Å². The third-order valence-electron chi connectivity index (χ3n) is 3.28. The SMILES string of the molecule is O=C(O)C(F)C(F)(F)C(F)(F)C(F)(F)C(F)(F)C(F)(F)C(F)(F)C(F)(F)C(F)(F)F. The van der Waals surface area contributed by atoms with Gasteiger partial charge in [0.15, 0.2) is 0 Å². The second-order valence-electron chi connectivity index (χ2n) is 5.27. The van der Waals surface area contributed by atoms with Gasteiger partial charge < -0.3 is 5.11 Å². The molecule has 1 N–H and O–H groups in total. The molecular weight excluding hydrogens is 494 g/mol. The van der Waals surface area contributed by atoms with Crippen LogP contribution in [0.2, 0.25) is 0 Å². The van der Waals surface area contributed by atoms with Crippen molar-refractivity contribution in [1.29, 1.82) is 0 Å². The standard InChI is InChI=1S/C10H2F18O2/c11-1(2(29)30)3(12,13)4(14,15)5(16,17)6(18,19)7(20,21)8(22,23)9(24,25)10(26,27)28/h1H,(H,29,30). The lowest BCUT2D eigenvalue weighted by atomic mass is 9.88. The Labute approximate surface area is 150 Å². The summed E-state index contributed by atoms with van der Waals surface area (Å²) in [4.78, 5) is 9.85. The number of rotatable bonds is 8. The number of carbonyl (C=O) groups is 1. The third-order valence-corrected chi connectivity index (χ3v) is 3.28. The molecule has 0 saturated heterocycles. The van der Waals surface area contributed by atoms with Crippen molar-refractivity contribution in [2.45, 2.75) is 53.8 Å². The first kappa shape index (κ1) is 28.2. The normalized spacial score (nSPS) is 17.1. The highest BCUT2D eigenvalue weighted by Gasteiger charge is 2.95. The number of hydrogen-bond donors (Lipinski definition) is 1. The summed E-state index contributed by atoms with van der Waals surface area (Å²) in [6.45, 7) is 0. The number of carboxylic acid groups (broad SMARTS) is 1. The highest BCUT2D eigenvalue weighted by Crippen LogP contribution is 2.64. The molecule has 0 rings (SSSR count). The average Bonchev–Trinajstić information content (AvgIpc) is 2.51. The van der Waals surface area contributed by atoms with Crippen LogP contribution in [0.25, 0.3) is 0 Å². The Kier molecular flexibility index (Phi) is 6.45. The van der Waals surface area contributed by atoms with Gasteiger partial charge >= 0.3 is 53.6 Å². The molecule has 20 heteroatoms. The van der Waals surface area contributed by atoms with Crippen molar-refractivity contribution in [1.82, 2.24) is 0 Å². The molecule has 0 aliphatic rings. The quantitative estimate of drug-likeness (QED) is 0.456. The summed E-state index contributed by atoms with van der Waals surface area (Å²) in [5, 5.41) is 7.72. The molecule has 0 aromatic heterocycles. The van der Waals surface area contributed by atoms with Crippen LogP contribution in [0.5, 0.6) is 0 Å². The highest BCUT2D eigenvalue weighted by atomic mass is 19.4. The molecule has 2 nitrogen and oxygen atoms in total. The fraction of sp³-hybridized carbons (Fsp3) is 0.900. The summed E-state index contributed by atoms with van der Waals surface area (Å²) in [6.07, 6.45) is -13.5. The molecular formula is C10H2F18O2. The molecule has 30 heavy (non-hydrogen) atoms. The van der Waals surface area contributed by atoms with E-state index in [9.17, 15) is 83.8 Å². The van der Waals surface area contributed by atoms with E-state index < -0.39 is 59.8 Å². The zero-order valence-corrected chi connectivity index (χ0v) is 12.7. The van der Waals surface area contributed by atoms with Crippen LogP contribution in [0.15, 0.2) is 0 Å². The van der Waals surface area contributed by atoms with Crippen molar-refractivity contribution < 1.29 is 88.9 Å². The van der Waals surface area contributed by atoms with Crippen LogP contribution in [0, 0.1) is 0 Å². The van der Waals surface area contributed by atoms with Crippen molar-refractivity contribution in [2.75, 3.05) is 0 Å². The van der Waals surface area contributed by atoms with Crippen LogP contribution >= 0.6 is 0 Å². The zero-order chi connectivity index (χ0) is 25.2. The van der Waals surface area contributed by atoms with E-state index in [1.807, 2.05) is 0 Å². The van der Waals surface area contributed by atoms with Crippen molar-refractivity contribution in [3.63, 3.8) is 0 Å². The molecule has 1 unspecified atom stereocenters. The minimum atomic E-state index is -8.87. The smallest absolute Gasteiger partial charge is 0.460 e. The monoisotopic (exact) mass is 496 g/mol. The number of aliphatic carboxylic acids is 1. The van der Waals surface area contributed by atoms with E-state index in [0.717, 1.165) is 0 Å². The van der Waals surface area contributed by atoms with E-state index in [1.165, 1.54) is 0 Å². The van der Waals surface area contributed by atoms with Gasteiger partial charge in [0.1, 0.15) is 0 Å². The summed E-state index contributed by atoms with van der Waals surface area (Å²) in [5.41, 5.74) is 0. The van der Waals surface area contributed by atoms with Crippen LogP contribution in [0.1, 0.15) is 0 Å². The first-order valence-corrected chi connectivity index (χ1v) is 6.19. The first-order valence-electron chi connectivity index (χ1n) is 6.19. The van der Waals surface area contributed by atoms with Gasteiger partial charge in [-0.05, 0) is 0 Å². The Balaban J connectivity index is 6.81. The third kappa shape index (κ3) is 3.28. The van der Waals surface area contributed by atoms with Gasteiger partial charge in [-0.3, -0.25) is 0 Å². The maximum atomic E-state index is 13.1. The maximum Gasteiger partial charge on any atom is 0.460 e. The Bertz CT molecular complexity index is 660. The Morgan fingerprint density at radius 3 is 0.967 bits per heavy atom. The van der Waals surface area contributed by atoms with Gasteiger partial charge in [-0.2, -0.15) is 74.6 Å². The van der Waals surface area contributed by atoms with Crippen LogP contribution in [-0.2, 0) is 4.79 Å². The second-order valence-corrected chi connectivity index (χ2v) is 5.27. The van der Waals surface area contributed by atoms with Gasteiger partial charge in [-0.25, -0.2) is 9.18 Å². The molecule has 0 spiro atoms. The molecule has 180 valence electrons. The van der Waals surface area contributed by atoms with E-state index in [0.29, 0.717) is 0 Å². The molecule has 0 aromatic carbocycles. The lowest BCUT2D eigenvalue weighted by molar-refractivity contribution is -0.462. The molecule has 0 aliphatic heterocycles. The largest absolute Gasteiger partial charge is 0.479 e. The summed E-state index contributed by atoms with van der Waals surface area (Å²) < 4.78 is 229. The van der Waals surface area contributed by atoms with Gasteiger partial charge in [0.25, 0.3) is 6.17 Å². The lowest BCUT2D eigenvalue weighted by Crippen LogP contribution is -2.75. The number of alkyl halides is 18. The molecule has 1 atom stereocenters. The average molecular weight is 496 g/mol. The topological polar surface area (TPSA) is 37.3 Å². The molecule has 0 fully saturated rings. The summed E-state index contributed by atoms with van der Waals surface area (Å²) in [7, 11) is 0. The van der Waals surface area contributed by atoms with Crippen LogP contribution in [-0.4, -0.2) is 64.9 Å². The van der Waals surface area contributed by atoms with E-state index in [4.69, 9.17) is 5.11 Å². The van der Waals surface area contributed by atoms with Crippen LogP contribution in [0.3, 0.4) is 0 Å². The fourth-order valence-electron chi connectivity index (χ4n) is 1.49. The minimum Gasteiger partial charge on any atom is -0.479 e. The van der Waals surface area contributed by atoms with E-state index >= 15 is 0 Å². The number of carboxylic acids is 1. The van der Waals surface area contributed by atoms with Gasteiger partial charge in [-0.1, -0.05) is 0 Å². The fourth-order valence-corrected chi connectivity index (χ4v) is 1.49. The van der Waals surface area contributed by atoms with Crippen molar-refractivity contribution in [3.8, 4) is 0 Å². The number of halogens is 18. The van der Waals surface area contributed by atoms with Gasteiger partial charge in [0, 0.05) is 0 Å². The Hall–Kier alpha value is -1.79. The lowest BCUT2D eigenvalue weighted by Gasteiger charge is -2.42. The summed E-state index contributed by atoms with van der Waals surface area (Å²) in [6, 6.07) is 0. The second kappa shape index (κ2) is 6.86. The number of hydrogen-bond acceptors (Lipinski definition) is 1. The predicted molar refractivity (Wildman–Crippen MR) is 53.2 cm³/mol. The summed E-state index contributed by atoms with van der Waals surface area (Å²) >= 11 is 0. The molecule has 0 heterocycles. The maximum absolute atomic E-state index is 13.1. The van der Waals surface area contributed by atoms with Crippen molar-refractivity contribution in [3.05, 3.63) is 0 Å². The van der Waals surface area contributed by atoms with E-state index in [2.05, 4.69) is 0 Å². The molecule has 0 amide bonds. The highest BCUT2D eigenvalue weighted by molar-refractivity contribution is 5.73. The summed E-state index contributed by atoms with van der Waals surface area (Å²) in [5.74, 6) is -63.2.